The summed E-state index contributed by atoms with van der Waals surface area (Å²) in [6.07, 6.45) is 1.68. The normalized spacial score (nSPS) is 21.8. The van der Waals surface area contributed by atoms with E-state index in [1.165, 1.54) is 11.3 Å². The smallest absolute Gasteiger partial charge is 0.179 e. The molecule has 3 rings (SSSR count). The molecule has 0 spiro atoms. The lowest BCUT2D eigenvalue weighted by Crippen LogP contribution is -2.48. The fraction of sp³-hybridized carbons (Fsp3) is 0.526. The second kappa shape index (κ2) is 6.20. The van der Waals surface area contributed by atoms with Crippen molar-refractivity contribution in [3.8, 4) is 0 Å². The number of rotatable bonds is 2. The molecule has 1 heterocycles. The first-order valence-corrected chi connectivity index (χ1v) is 8.72. The van der Waals surface area contributed by atoms with Crippen LogP contribution in [0.1, 0.15) is 33.6 Å². The summed E-state index contributed by atoms with van der Waals surface area (Å²) in [5.74, 6) is 0.318. The Labute approximate surface area is 143 Å². The van der Waals surface area contributed by atoms with Crippen LogP contribution in [0.25, 0.3) is 0 Å². The van der Waals surface area contributed by atoms with Crippen molar-refractivity contribution in [3.63, 3.8) is 0 Å². The van der Waals surface area contributed by atoms with Crippen molar-refractivity contribution >= 4 is 23.1 Å². The van der Waals surface area contributed by atoms with E-state index in [0.717, 1.165) is 43.3 Å². The van der Waals surface area contributed by atoms with Crippen LogP contribution in [0.15, 0.2) is 35.5 Å². The van der Waals surface area contributed by atoms with Crippen LogP contribution in [0, 0.1) is 5.41 Å². The lowest BCUT2D eigenvalue weighted by molar-refractivity contribution is -0.119. The standard InChI is InChI=1S/C19H25ClN2O/c1-14-12-19(2,3)13-17(23)18(14)22-10-8-21(9-11-22)16-6-4-15(20)5-7-16/h4-7H,8-13H2,1-3H3. The fourth-order valence-corrected chi connectivity index (χ4v) is 4.03. The molecule has 1 aliphatic carbocycles. The molecule has 1 fully saturated rings. The molecular formula is C19H25ClN2O. The number of hydrogen-bond donors (Lipinski definition) is 0. The van der Waals surface area contributed by atoms with E-state index in [2.05, 4.69) is 42.7 Å². The van der Waals surface area contributed by atoms with E-state index in [4.69, 9.17) is 11.6 Å². The van der Waals surface area contributed by atoms with Crippen molar-refractivity contribution in [2.45, 2.75) is 33.6 Å². The highest BCUT2D eigenvalue weighted by Crippen LogP contribution is 2.38. The zero-order valence-corrected chi connectivity index (χ0v) is 15.0. The average Bonchev–Trinajstić information content (AvgIpc) is 2.47. The molecule has 1 aromatic carbocycles. The van der Waals surface area contributed by atoms with Crippen LogP contribution in [0.2, 0.25) is 5.02 Å². The topological polar surface area (TPSA) is 23.6 Å². The Kier molecular flexibility index (Phi) is 4.41. The van der Waals surface area contributed by atoms with Crippen LogP contribution in [0.3, 0.4) is 0 Å². The number of carbonyl (C=O) groups excluding carboxylic acids is 1. The van der Waals surface area contributed by atoms with Crippen molar-refractivity contribution in [3.05, 3.63) is 40.6 Å². The van der Waals surface area contributed by atoms with E-state index in [0.29, 0.717) is 12.2 Å². The predicted molar refractivity (Wildman–Crippen MR) is 96.0 cm³/mol. The summed E-state index contributed by atoms with van der Waals surface area (Å²) in [4.78, 5) is 17.2. The van der Waals surface area contributed by atoms with Crippen LogP contribution >= 0.6 is 11.6 Å². The number of piperazine rings is 1. The molecular weight excluding hydrogens is 308 g/mol. The first kappa shape index (κ1) is 16.4. The summed E-state index contributed by atoms with van der Waals surface area (Å²) < 4.78 is 0. The van der Waals surface area contributed by atoms with Gasteiger partial charge in [-0.15, -0.1) is 0 Å². The molecule has 0 bridgehead atoms. The van der Waals surface area contributed by atoms with Crippen LogP contribution < -0.4 is 4.90 Å². The van der Waals surface area contributed by atoms with Gasteiger partial charge < -0.3 is 9.80 Å². The largest absolute Gasteiger partial charge is 0.368 e. The van der Waals surface area contributed by atoms with Gasteiger partial charge in [-0.3, -0.25) is 4.79 Å². The molecule has 0 unspecified atom stereocenters. The van der Waals surface area contributed by atoms with Crippen molar-refractivity contribution in [1.29, 1.82) is 0 Å². The Hall–Kier alpha value is -1.48. The molecule has 4 heteroatoms. The number of hydrogen-bond acceptors (Lipinski definition) is 3. The number of benzene rings is 1. The van der Waals surface area contributed by atoms with E-state index in [-0.39, 0.29) is 5.41 Å². The molecule has 2 aliphatic rings. The molecule has 1 aromatic rings. The maximum atomic E-state index is 12.6. The Morgan fingerprint density at radius 2 is 1.52 bits per heavy atom. The SMILES string of the molecule is CC1=C(N2CCN(c3ccc(Cl)cc3)CC2)C(=O)CC(C)(C)C1. The monoisotopic (exact) mass is 332 g/mol. The molecule has 0 aromatic heterocycles. The van der Waals surface area contributed by atoms with E-state index >= 15 is 0 Å². The lowest BCUT2D eigenvalue weighted by atomic mass is 9.75. The number of Topliss-reactive ketones (excluding diaryl/α,β-unsaturated/α-hetero) is 1. The molecule has 1 aliphatic heterocycles. The number of carbonyl (C=O) groups is 1. The van der Waals surface area contributed by atoms with Gasteiger partial charge in [0, 0.05) is 43.3 Å². The summed E-state index contributed by atoms with van der Waals surface area (Å²) in [6, 6.07) is 8.00. The van der Waals surface area contributed by atoms with E-state index in [1.54, 1.807) is 0 Å². The van der Waals surface area contributed by atoms with Crippen LogP contribution in [-0.2, 0) is 4.79 Å². The zero-order valence-electron chi connectivity index (χ0n) is 14.2. The highest BCUT2D eigenvalue weighted by Gasteiger charge is 2.34. The molecule has 124 valence electrons. The minimum absolute atomic E-state index is 0.107. The van der Waals surface area contributed by atoms with Crippen molar-refractivity contribution in [1.82, 2.24) is 4.90 Å². The highest BCUT2D eigenvalue weighted by atomic mass is 35.5. The summed E-state index contributed by atoms with van der Waals surface area (Å²) >= 11 is 5.96. The average molecular weight is 333 g/mol. The summed E-state index contributed by atoms with van der Waals surface area (Å²) in [5, 5.41) is 0.767. The Morgan fingerprint density at radius 3 is 2.09 bits per heavy atom. The quantitative estimate of drug-likeness (QED) is 0.813. The molecule has 0 saturated carbocycles. The Balaban J connectivity index is 1.69. The van der Waals surface area contributed by atoms with Gasteiger partial charge in [-0.1, -0.05) is 25.4 Å². The number of halogens is 1. The molecule has 0 amide bonds. The van der Waals surface area contributed by atoms with Gasteiger partial charge in [-0.05, 0) is 48.6 Å². The zero-order chi connectivity index (χ0) is 16.6. The van der Waals surface area contributed by atoms with Crippen LogP contribution in [-0.4, -0.2) is 36.9 Å². The van der Waals surface area contributed by atoms with E-state index < -0.39 is 0 Å². The molecule has 0 atom stereocenters. The van der Waals surface area contributed by atoms with Gasteiger partial charge in [-0.25, -0.2) is 0 Å². The van der Waals surface area contributed by atoms with E-state index in [9.17, 15) is 4.79 Å². The summed E-state index contributed by atoms with van der Waals surface area (Å²) in [6.45, 7) is 10.2. The fourth-order valence-electron chi connectivity index (χ4n) is 3.91. The van der Waals surface area contributed by atoms with Crippen LogP contribution in [0.5, 0.6) is 0 Å². The second-order valence-corrected chi connectivity index (χ2v) is 7.96. The lowest BCUT2D eigenvalue weighted by Gasteiger charge is -2.41. The molecule has 23 heavy (non-hydrogen) atoms. The second-order valence-electron chi connectivity index (χ2n) is 7.52. The van der Waals surface area contributed by atoms with Crippen molar-refractivity contribution < 1.29 is 4.79 Å². The van der Waals surface area contributed by atoms with Gasteiger partial charge in [-0.2, -0.15) is 0 Å². The van der Waals surface area contributed by atoms with Gasteiger partial charge in [0.1, 0.15) is 0 Å². The summed E-state index contributed by atoms with van der Waals surface area (Å²) in [5.41, 5.74) is 3.55. The maximum absolute atomic E-state index is 12.6. The van der Waals surface area contributed by atoms with Gasteiger partial charge in [0.15, 0.2) is 5.78 Å². The number of ketones is 1. The van der Waals surface area contributed by atoms with Gasteiger partial charge in [0.25, 0.3) is 0 Å². The molecule has 3 nitrogen and oxygen atoms in total. The van der Waals surface area contributed by atoms with Gasteiger partial charge in [0.05, 0.1) is 5.70 Å². The third kappa shape index (κ3) is 3.55. The Morgan fingerprint density at radius 1 is 0.957 bits per heavy atom. The Bertz CT molecular complexity index is 625. The predicted octanol–water partition coefficient (Wildman–Crippen LogP) is 4.13. The van der Waals surface area contributed by atoms with Crippen molar-refractivity contribution in [2.24, 2.45) is 5.41 Å². The molecule has 1 saturated heterocycles. The number of allylic oxidation sites excluding steroid dienone is 2. The first-order valence-electron chi connectivity index (χ1n) is 8.34. The summed E-state index contributed by atoms with van der Waals surface area (Å²) in [7, 11) is 0. The highest BCUT2D eigenvalue weighted by molar-refractivity contribution is 6.30. The number of anilines is 1. The van der Waals surface area contributed by atoms with Gasteiger partial charge in [0.2, 0.25) is 0 Å². The maximum Gasteiger partial charge on any atom is 0.179 e. The minimum atomic E-state index is 0.107. The van der Waals surface area contributed by atoms with Gasteiger partial charge >= 0.3 is 0 Å². The minimum Gasteiger partial charge on any atom is -0.368 e. The third-order valence-corrected chi connectivity index (χ3v) is 5.09. The van der Waals surface area contributed by atoms with E-state index in [1.807, 2.05) is 12.1 Å². The number of nitrogens with zero attached hydrogens (tertiary/aromatic N) is 2. The molecule has 0 radical (unpaired) electrons. The van der Waals surface area contributed by atoms with Crippen molar-refractivity contribution in [2.75, 3.05) is 31.1 Å². The molecule has 0 N–H and O–H groups in total. The third-order valence-electron chi connectivity index (χ3n) is 4.84. The van der Waals surface area contributed by atoms with Crippen LogP contribution in [0.4, 0.5) is 5.69 Å². The first-order chi connectivity index (χ1) is 10.9.